The van der Waals surface area contributed by atoms with E-state index in [1.54, 1.807) is 0 Å². The summed E-state index contributed by atoms with van der Waals surface area (Å²) in [4.78, 5) is 18.2. The van der Waals surface area contributed by atoms with E-state index in [4.69, 9.17) is 10.8 Å². The predicted molar refractivity (Wildman–Crippen MR) is 71.3 cm³/mol. The minimum Gasteiger partial charge on any atom is -0.396 e. The number of nitrogen functional groups attached to an aromatic ring is 1. The second-order valence-corrected chi connectivity index (χ2v) is 5.49. The van der Waals surface area contributed by atoms with Gasteiger partial charge in [0.25, 0.3) is 0 Å². The van der Waals surface area contributed by atoms with Crippen molar-refractivity contribution in [3.63, 3.8) is 0 Å². The number of anilines is 1. The highest BCUT2D eigenvalue weighted by atomic mass is 32.1. The summed E-state index contributed by atoms with van der Waals surface area (Å²) >= 11 is 1.36. The van der Waals surface area contributed by atoms with Gasteiger partial charge >= 0.3 is 0 Å². The molecule has 1 aromatic heterocycles. The molecule has 0 radical (unpaired) electrons. The maximum absolute atomic E-state index is 12.2. The molecule has 1 aliphatic carbocycles. The van der Waals surface area contributed by atoms with Gasteiger partial charge in [-0.15, -0.1) is 11.3 Å². The standard InChI is InChI=1S/C12H19N3O2S/c13-12-14-9(8-18-12)7-11(17)15(5-2-6-16)10-3-1-4-10/h8,10,16H,1-7H2,(H2,13,14). The van der Waals surface area contributed by atoms with E-state index in [1.165, 1.54) is 17.8 Å². The molecule has 0 unspecified atom stereocenters. The Morgan fingerprint density at radius 1 is 1.61 bits per heavy atom. The van der Waals surface area contributed by atoms with Crippen LogP contribution < -0.4 is 5.73 Å². The van der Waals surface area contributed by atoms with Gasteiger partial charge in [-0.2, -0.15) is 0 Å². The lowest BCUT2D eigenvalue weighted by molar-refractivity contribution is -0.134. The molecule has 5 nitrogen and oxygen atoms in total. The van der Waals surface area contributed by atoms with Crippen molar-refractivity contribution in [1.82, 2.24) is 9.88 Å². The molecule has 0 atom stereocenters. The van der Waals surface area contributed by atoms with Crippen molar-refractivity contribution >= 4 is 22.4 Å². The molecule has 18 heavy (non-hydrogen) atoms. The Morgan fingerprint density at radius 3 is 2.89 bits per heavy atom. The van der Waals surface area contributed by atoms with Crippen LogP contribution in [0.3, 0.4) is 0 Å². The zero-order valence-corrected chi connectivity index (χ0v) is 11.2. The molecule has 1 fully saturated rings. The molecule has 1 aromatic rings. The highest BCUT2D eigenvalue weighted by Crippen LogP contribution is 2.25. The fourth-order valence-electron chi connectivity index (χ4n) is 2.11. The summed E-state index contributed by atoms with van der Waals surface area (Å²) in [5.41, 5.74) is 6.30. The molecule has 1 amide bonds. The topological polar surface area (TPSA) is 79.5 Å². The highest BCUT2D eigenvalue weighted by Gasteiger charge is 2.28. The van der Waals surface area contributed by atoms with Gasteiger partial charge in [0.2, 0.25) is 5.91 Å². The van der Waals surface area contributed by atoms with Gasteiger partial charge in [-0.05, 0) is 25.7 Å². The first-order chi connectivity index (χ1) is 8.70. The Balaban J connectivity index is 1.94. The average Bonchev–Trinajstić information content (AvgIpc) is 2.67. The van der Waals surface area contributed by atoms with Crippen LogP contribution in [0.5, 0.6) is 0 Å². The van der Waals surface area contributed by atoms with Crippen LogP contribution in [-0.2, 0) is 11.2 Å². The molecule has 0 saturated heterocycles. The van der Waals surface area contributed by atoms with E-state index in [1.807, 2.05) is 10.3 Å². The number of carbonyl (C=O) groups is 1. The maximum Gasteiger partial charge on any atom is 0.228 e. The third-order valence-corrected chi connectivity index (χ3v) is 4.02. The van der Waals surface area contributed by atoms with Crippen molar-refractivity contribution in [2.45, 2.75) is 38.1 Å². The summed E-state index contributed by atoms with van der Waals surface area (Å²) in [5.74, 6) is 0.0958. The minimum atomic E-state index is 0.0958. The Bertz CT molecular complexity index is 404. The molecular formula is C12H19N3O2S. The fourth-order valence-corrected chi connectivity index (χ4v) is 2.67. The highest BCUT2D eigenvalue weighted by molar-refractivity contribution is 7.13. The van der Waals surface area contributed by atoms with Gasteiger partial charge in [0.1, 0.15) is 0 Å². The summed E-state index contributed by atoms with van der Waals surface area (Å²) in [6, 6.07) is 0.361. The number of hydrogen-bond acceptors (Lipinski definition) is 5. The SMILES string of the molecule is Nc1nc(CC(=O)N(CCCO)C2CCC2)cs1. The van der Waals surface area contributed by atoms with E-state index < -0.39 is 0 Å². The molecule has 3 N–H and O–H groups in total. The van der Waals surface area contributed by atoms with Crippen molar-refractivity contribution < 1.29 is 9.90 Å². The van der Waals surface area contributed by atoms with Gasteiger partial charge in [0, 0.05) is 24.6 Å². The van der Waals surface area contributed by atoms with Crippen LogP contribution in [0, 0.1) is 0 Å². The number of nitrogens with two attached hydrogens (primary N) is 1. The lowest BCUT2D eigenvalue weighted by Crippen LogP contribution is -2.45. The number of thiazole rings is 1. The first-order valence-corrected chi connectivity index (χ1v) is 7.19. The van der Waals surface area contributed by atoms with Crippen LogP contribution in [0.2, 0.25) is 0 Å². The van der Waals surface area contributed by atoms with Crippen LogP contribution in [0.1, 0.15) is 31.4 Å². The Kier molecular flexibility index (Phi) is 4.54. The van der Waals surface area contributed by atoms with Gasteiger partial charge in [-0.25, -0.2) is 4.98 Å². The third kappa shape index (κ3) is 3.20. The molecule has 0 bridgehead atoms. The minimum absolute atomic E-state index is 0.0958. The Morgan fingerprint density at radius 2 is 2.39 bits per heavy atom. The largest absolute Gasteiger partial charge is 0.396 e. The van der Waals surface area contributed by atoms with Crippen molar-refractivity contribution in [1.29, 1.82) is 0 Å². The summed E-state index contributed by atoms with van der Waals surface area (Å²) in [5, 5.41) is 11.2. The Hall–Kier alpha value is -1.14. The van der Waals surface area contributed by atoms with Gasteiger partial charge in [-0.3, -0.25) is 4.79 Å². The second-order valence-electron chi connectivity index (χ2n) is 4.60. The monoisotopic (exact) mass is 269 g/mol. The van der Waals surface area contributed by atoms with Crippen LogP contribution in [-0.4, -0.2) is 40.1 Å². The van der Waals surface area contributed by atoms with Crippen molar-refractivity contribution in [2.75, 3.05) is 18.9 Å². The molecule has 0 spiro atoms. The fraction of sp³-hybridized carbons (Fsp3) is 0.667. The van der Waals surface area contributed by atoms with E-state index in [0.29, 0.717) is 30.6 Å². The zero-order chi connectivity index (χ0) is 13.0. The smallest absolute Gasteiger partial charge is 0.228 e. The number of carbonyl (C=O) groups excluding carboxylic acids is 1. The molecule has 1 heterocycles. The average molecular weight is 269 g/mol. The van der Waals surface area contributed by atoms with E-state index in [9.17, 15) is 4.79 Å². The van der Waals surface area contributed by atoms with E-state index >= 15 is 0 Å². The zero-order valence-electron chi connectivity index (χ0n) is 10.3. The van der Waals surface area contributed by atoms with Gasteiger partial charge in [0.05, 0.1) is 12.1 Å². The summed E-state index contributed by atoms with van der Waals surface area (Å²) in [7, 11) is 0. The normalized spacial score (nSPS) is 15.4. The van der Waals surface area contributed by atoms with Crippen LogP contribution in [0.25, 0.3) is 0 Å². The molecule has 2 rings (SSSR count). The lowest BCUT2D eigenvalue weighted by atomic mass is 9.91. The van der Waals surface area contributed by atoms with E-state index in [0.717, 1.165) is 18.5 Å². The molecule has 100 valence electrons. The quantitative estimate of drug-likeness (QED) is 0.808. The van der Waals surface area contributed by atoms with Crippen LogP contribution in [0.4, 0.5) is 5.13 Å². The number of aliphatic hydroxyl groups excluding tert-OH is 1. The number of nitrogens with zero attached hydrogens (tertiary/aromatic N) is 2. The molecular weight excluding hydrogens is 250 g/mol. The van der Waals surface area contributed by atoms with Crippen molar-refractivity contribution in [3.8, 4) is 0 Å². The van der Waals surface area contributed by atoms with Gasteiger partial charge < -0.3 is 15.7 Å². The van der Waals surface area contributed by atoms with Crippen molar-refractivity contribution in [3.05, 3.63) is 11.1 Å². The number of hydrogen-bond donors (Lipinski definition) is 2. The molecule has 0 aliphatic heterocycles. The lowest BCUT2D eigenvalue weighted by Gasteiger charge is -2.37. The maximum atomic E-state index is 12.2. The summed E-state index contributed by atoms with van der Waals surface area (Å²) in [6.45, 7) is 0.764. The molecule has 1 aliphatic rings. The van der Waals surface area contributed by atoms with Crippen molar-refractivity contribution in [2.24, 2.45) is 0 Å². The Labute approximate surface area is 111 Å². The summed E-state index contributed by atoms with van der Waals surface area (Å²) in [6.07, 6.45) is 4.31. The summed E-state index contributed by atoms with van der Waals surface area (Å²) < 4.78 is 0. The number of amides is 1. The third-order valence-electron chi connectivity index (χ3n) is 3.29. The van der Waals surface area contributed by atoms with E-state index in [2.05, 4.69) is 4.98 Å². The predicted octanol–water partition coefficient (Wildman–Crippen LogP) is 1.03. The van der Waals surface area contributed by atoms with Crippen LogP contribution in [0.15, 0.2) is 5.38 Å². The van der Waals surface area contributed by atoms with Gasteiger partial charge in [0.15, 0.2) is 5.13 Å². The molecule has 0 aromatic carbocycles. The molecule has 6 heteroatoms. The van der Waals surface area contributed by atoms with Crippen LogP contribution >= 0.6 is 11.3 Å². The van der Waals surface area contributed by atoms with E-state index in [-0.39, 0.29) is 12.5 Å². The number of aromatic nitrogens is 1. The molecule has 1 saturated carbocycles. The number of rotatable bonds is 6. The second kappa shape index (κ2) is 6.15. The first-order valence-electron chi connectivity index (χ1n) is 6.31. The first kappa shape index (κ1) is 13.3. The van der Waals surface area contributed by atoms with Gasteiger partial charge in [-0.1, -0.05) is 0 Å². The number of aliphatic hydroxyl groups is 1.